The third-order valence-corrected chi connectivity index (χ3v) is 8.67. The first-order valence-corrected chi connectivity index (χ1v) is 13.3. The van der Waals surface area contributed by atoms with Gasteiger partial charge in [0, 0.05) is 55.5 Å². The highest BCUT2D eigenvalue weighted by Crippen LogP contribution is 2.24. The van der Waals surface area contributed by atoms with Gasteiger partial charge in [-0.15, -0.1) is 0 Å². The maximum absolute atomic E-state index is 13.0. The fraction of sp³-hybridized carbons (Fsp3) is 0.435. The molecule has 1 aliphatic heterocycles. The van der Waals surface area contributed by atoms with E-state index in [0.717, 1.165) is 42.4 Å². The van der Waals surface area contributed by atoms with Crippen molar-refractivity contribution in [2.75, 3.05) is 43.0 Å². The molecule has 0 atom stereocenters. The highest BCUT2D eigenvalue weighted by atomic mass is 32.2. The van der Waals surface area contributed by atoms with E-state index in [2.05, 4.69) is 10.2 Å². The predicted molar refractivity (Wildman–Crippen MR) is 128 cm³/mol. The van der Waals surface area contributed by atoms with E-state index in [1.54, 1.807) is 19.1 Å². The van der Waals surface area contributed by atoms with E-state index in [1.165, 1.54) is 10.4 Å². The van der Waals surface area contributed by atoms with E-state index in [0.29, 0.717) is 24.2 Å². The summed E-state index contributed by atoms with van der Waals surface area (Å²) in [6.07, 6.45) is 0. The molecule has 0 unspecified atom stereocenters. The van der Waals surface area contributed by atoms with Crippen molar-refractivity contribution in [1.82, 2.24) is 9.21 Å². The molecular weight excluding hydrogens is 430 g/mol. The van der Waals surface area contributed by atoms with Gasteiger partial charge in [-0.05, 0) is 36.2 Å². The quantitative estimate of drug-likeness (QED) is 0.647. The summed E-state index contributed by atoms with van der Waals surface area (Å²) in [5.74, 6) is 1.95. The molecule has 1 aliphatic rings. The Labute approximate surface area is 190 Å². The van der Waals surface area contributed by atoms with Crippen molar-refractivity contribution in [3.05, 3.63) is 59.2 Å². The lowest BCUT2D eigenvalue weighted by molar-refractivity contribution is 0.102. The van der Waals surface area contributed by atoms with E-state index >= 15 is 0 Å². The van der Waals surface area contributed by atoms with Gasteiger partial charge >= 0.3 is 0 Å². The Hall–Kier alpha value is -1.87. The van der Waals surface area contributed by atoms with Crippen molar-refractivity contribution in [3.8, 4) is 0 Å². The standard InChI is InChI=1S/C23H31N3O3S2/c1-4-26(5-2)31(28,29)22-16-19(11-10-18(22)3)23(27)24-21-9-7-6-8-20(21)17-25-12-14-30-15-13-25/h6-11,16H,4-5,12-15,17H2,1-3H3,(H,24,27). The molecule has 1 saturated heterocycles. The number of thioether (sulfide) groups is 1. The van der Waals surface area contributed by atoms with Gasteiger partial charge < -0.3 is 5.32 Å². The maximum Gasteiger partial charge on any atom is 0.255 e. The first-order valence-electron chi connectivity index (χ1n) is 10.7. The van der Waals surface area contributed by atoms with Crippen LogP contribution in [0.15, 0.2) is 47.4 Å². The van der Waals surface area contributed by atoms with Crippen LogP contribution in [0.5, 0.6) is 0 Å². The zero-order chi connectivity index (χ0) is 22.4. The SMILES string of the molecule is CCN(CC)S(=O)(=O)c1cc(C(=O)Nc2ccccc2CN2CCSCC2)ccc1C. The van der Waals surface area contributed by atoms with Gasteiger partial charge in [-0.1, -0.05) is 38.1 Å². The van der Waals surface area contributed by atoms with Crippen molar-refractivity contribution in [3.63, 3.8) is 0 Å². The smallest absolute Gasteiger partial charge is 0.255 e. The molecular formula is C23H31N3O3S2. The van der Waals surface area contributed by atoms with Crippen LogP contribution in [0.25, 0.3) is 0 Å². The highest BCUT2D eigenvalue weighted by molar-refractivity contribution is 7.99. The third-order valence-electron chi connectivity index (χ3n) is 5.54. The first-order chi connectivity index (χ1) is 14.9. The Morgan fingerprint density at radius 2 is 1.77 bits per heavy atom. The largest absolute Gasteiger partial charge is 0.322 e. The number of nitrogens with one attached hydrogen (secondary N) is 1. The van der Waals surface area contributed by atoms with Crippen molar-refractivity contribution in [2.24, 2.45) is 0 Å². The van der Waals surface area contributed by atoms with Crippen LogP contribution in [-0.2, 0) is 16.6 Å². The first kappa shape index (κ1) is 23.8. The number of hydrogen-bond donors (Lipinski definition) is 1. The molecule has 0 bridgehead atoms. The van der Waals surface area contributed by atoms with Crippen LogP contribution in [0.2, 0.25) is 0 Å². The number of para-hydroxylation sites is 1. The second-order valence-electron chi connectivity index (χ2n) is 7.57. The van der Waals surface area contributed by atoms with Gasteiger partial charge in [-0.25, -0.2) is 8.42 Å². The number of anilines is 1. The Morgan fingerprint density at radius 1 is 1.10 bits per heavy atom. The van der Waals surface area contributed by atoms with Crippen LogP contribution in [0.3, 0.4) is 0 Å². The zero-order valence-corrected chi connectivity index (χ0v) is 20.1. The second-order valence-corrected chi connectivity index (χ2v) is 10.7. The summed E-state index contributed by atoms with van der Waals surface area (Å²) in [4.78, 5) is 15.6. The van der Waals surface area contributed by atoms with Crippen LogP contribution < -0.4 is 5.32 Å². The highest BCUT2D eigenvalue weighted by Gasteiger charge is 2.25. The molecule has 1 fully saturated rings. The van der Waals surface area contributed by atoms with E-state index < -0.39 is 10.0 Å². The molecule has 168 valence electrons. The van der Waals surface area contributed by atoms with Crippen molar-refractivity contribution in [1.29, 1.82) is 0 Å². The monoisotopic (exact) mass is 461 g/mol. The van der Waals surface area contributed by atoms with Gasteiger partial charge in [0.25, 0.3) is 5.91 Å². The summed E-state index contributed by atoms with van der Waals surface area (Å²) < 4.78 is 27.4. The molecule has 1 N–H and O–H groups in total. The average Bonchev–Trinajstić information content (AvgIpc) is 2.76. The Kier molecular flexibility index (Phi) is 8.16. The minimum atomic E-state index is -3.64. The van der Waals surface area contributed by atoms with Gasteiger partial charge in [0.2, 0.25) is 10.0 Å². The summed E-state index contributed by atoms with van der Waals surface area (Å²) in [5.41, 5.74) is 2.79. The minimum Gasteiger partial charge on any atom is -0.322 e. The molecule has 8 heteroatoms. The number of rotatable bonds is 8. The van der Waals surface area contributed by atoms with Crippen LogP contribution >= 0.6 is 11.8 Å². The lowest BCUT2D eigenvalue weighted by Gasteiger charge is -2.27. The molecule has 1 heterocycles. The number of carbonyl (C=O) groups excluding carboxylic acids is 1. The molecule has 0 aromatic heterocycles. The van der Waals surface area contributed by atoms with Crippen LogP contribution in [-0.4, -0.2) is 61.2 Å². The van der Waals surface area contributed by atoms with Crippen molar-refractivity contribution >= 4 is 33.4 Å². The summed E-state index contributed by atoms with van der Waals surface area (Å²) in [6.45, 7) is 9.01. The Balaban J connectivity index is 1.83. The molecule has 31 heavy (non-hydrogen) atoms. The topological polar surface area (TPSA) is 69.7 Å². The zero-order valence-electron chi connectivity index (χ0n) is 18.4. The van der Waals surface area contributed by atoms with E-state index in [9.17, 15) is 13.2 Å². The van der Waals surface area contributed by atoms with Gasteiger partial charge in [0.05, 0.1) is 4.90 Å². The fourth-order valence-electron chi connectivity index (χ4n) is 3.70. The van der Waals surface area contributed by atoms with E-state index in [-0.39, 0.29) is 10.8 Å². The molecule has 3 rings (SSSR count). The molecule has 2 aromatic rings. The summed E-state index contributed by atoms with van der Waals surface area (Å²) in [6, 6.07) is 12.7. The fourth-order valence-corrected chi connectivity index (χ4v) is 6.38. The number of aryl methyl sites for hydroxylation is 1. The lowest BCUT2D eigenvalue weighted by Crippen LogP contribution is -2.32. The summed E-state index contributed by atoms with van der Waals surface area (Å²) >= 11 is 1.97. The van der Waals surface area contributed by atoms with Gasteiger partial charge in [0.15, 0.2) is 0 Å². The van der Waals surface area contributed by atoms with Gasteiger partial charge in [0.1, 0.15) is 0 Å². The molecule has 2 aromatic carbocycles. The summed E-state index contributed by atoms with van der Waals surface area (Å²) in [7, 11) is -3.64. The van der Waals surface area contributed by atoms with Crippen LogP contribution in [0.1, 0.15) is 35.3 Å². The maximum atomic E-state index is 13.0. The number of sulfonamides is 1. The number of amides is 1. The second kappa shape index (κ2) is 10.6. The minimum absolute atomic E-state index is 0.183. The van der Waals surface area contributed by atoms with E-state index in [1.807, 2.05) is 49.9 Å². The normalized spacial score (nSPS) is 15.2. The number of carbonyl (C=O) groups is 1. The average molecular weight is 462 g/mol. The Bertz CT molecular complexity index is 1010. The molecule has 0 spiro atoms. The van der Waals surface area contributed by atoms with Crippen molar-refractivity contribution < 1.29 is 13.2 Å². The third kappa shape index (κ3) is 5.68. The molecule has 0 saturated carbocycles. The summed E-state index contributed by atoms with van der Waals surface area (Å²) in [5, 5.41) is 2.99. The van der Waals surface area contributed by atoms with E-state index in [4.69, 9.17) is 0 Å². The molecule has 1 amide bonds. The van der Waals surface area contributed by atoms with Gasteiger partial charge in [-0.2, -0.15) is 16.1 Å². The molecule has 6 nitrogen and oxygen atoms in total. The Morgan fingerprint density at radius 3 is 2.45 bits per heavy atom. The van der Waals surface area contributed by atoms with Crippen LogP contribution in [0.4, 0.5) is 5.69 Å². The lowest BCUT2D eigenvalue weighted by atomic mass is 10.1. The van der Waals surface area contributed by atoms with Crippen LogP contribution in [0, 0.1) is 6.92 Å². The van der Waals surface area contributed by atoms with Crippen molar-refractivity contribution in [2.45, 2.75) is 32.2 Å². The number of benzene rings is 2. The molecule has 0 aliphatic carbocycles. The predicted octanol–water partition coefficient (Wildman–Crippen LogP) is 3.83. The number of hydrogen-bond acceptors (Lipinski definition) is 5. The number of nitrogens with zero attached hydrogens (tertiary/aromatic N) is 2. The molecule has 0 radical (unpaired) electrons. The van der Waals surface area contributed by atoms with Gasteiger partial charge in [-0.3, -0.25) is 9.69 Å².